The molecule has 0 atom stereocenters. The zero-order valence-corrected chi connectivity index (χ0v) is 14.0. The molecule has 0 saturated heterocycles. The van der Waals surface area contributed by atoms with E-state index in [2.05, 4.69) is 30.6 Å². The Morgan fingerprint density at radius 1 is 0.955 bits per heavy atom. The number of fused-ring (bicyclic) bond motifs is 1. The van der Waals surface area contributed by atoms with Gasteiger partial charge in [0.15, 0.2) is 5.82 Å². The summed E-state index contributed by atoms with van der Waals surface area (Å²) in [5.41, 5.74) is 1.90. The van der Waals surface area contributed by atoms with Crippen LogP contribution in [0.25, 0.3) is 11.0 Å². The van der Waals surface area contributed by atoms with Crippen molar-refractivity contribution in [2.24, 2.45) is 0 Å². The Hall–Kier alpha value is -1.99. The van der Waals surface area contributed by atoms with Crippen molar-refractivity contribution in [1.29, 1.82) is 0 Å². The molecule has 112 valence electrons. The van der Waals surface area contributed by atoms with E-state index >= 15 is 0 Å². The first-order valence-corrected chi connectivity index (χ1v) is 8.75. The number of benzene rings is 2. The minimum absolute atomic E-state index is 0.171. The lowest BCUT2D eigenvalue weighted by molar-refractivity contribution is 0.601. The minimum atomic E-state index is -3.69. The third kappa shape index (κ3) is 2.95. The molecule has 0 aliphatic rings. The van der Waals surface area contributed by atoms with E-state index < -0.39 is 10.0 Å². The normalized spacial score (nSPS) is 11.5. The average Bonchev–Trinajstić information content (AvgIpc) is 2.48. The van der Waals surface area contributed by atoms with Gasteiger partial charge in [0.2, 0.25) is 0 Å². The SMILES string of the molecule is Cc1nc2ccccc2nc1NS(=O)(=O)c1ccc(Br)cc1. The Kier molecular flexibility index (Phi) is 3.84. The zero-order chi connectivity index (χ0) is 15.7. The summed E-state index contributed by atoms with van der Waals surface area (Å²) >= 11 is 3.28. The third-order valence-electron chi connectivity index (χ3n) is 3.10. The molecule has 22 heavy (non-hydrogen) atoms. The number of anilines is 1. The average molecular weight is 378 g/mol. The number of aryl methyl sites for hydroxylation is 1. The highest BCUT2D eigenvalue weighted by atomic mass is 79.9. The summed E-state index contributed by atoms with van der Waals surface area (Å²) in [6, 6.07) is 13.7. The highest BCUT2D eigenvalue weighted by Gasteiger charge is 2.17. The summed E-state index contributed by atoms with van der Waals surface area (Å²) in [6.45, 7) is 1.72. The third-order valence-corrected chi connectivity index (χ3v) is 4.98. The monoisotopic (exact) mass is 377 g/mol. The molecule has 5 nitrogen and oxygen atoms in total. The van der Waals surface area contributed by atoms with Crippen LogP contribution in [-0.2, 0) is 10.0 Å². The van der Waals surface area contributed by atoms with Crippen molar-refractivity contribution >= 4 is 42.8 Å². The van der Waals surface area contributed by atoms with Crippen LogP contribution in [0.1, 0.15) is 5.69 Å². The van der Waals surface area contributed by atoms with Crippen molar-refractivity contribution in [2.45, 2.75) is 11.8 Å². The Labute approximate surface area is 136 Å². The predicted octanol–water partition coefficient (Wildman–Crippen LogP) is 3.50. The molecule has 3 aromatic rings. The van der Waals surface area contributed by atoms with E-state index in [0.29, 0.717) is 11.2 Å². The van der Waals surface area contributed by atoms with Gasteiger partial charge in [-0.3, -0.25) is 4.72 Å². The molecule has 0 fully saturated rings. The van der Waals surface area contributed by atoms with Gasteiger partial charge in [-0.1, -0.05) is 28.1 Å². The minimum Gasteiger partial charge on any atom is -0.262 e. The molecule has 7 heteroatoms. The molecule has 3 rings (SSSR count). The molecule has 0 aliphatic carbocycles. The summed E-state index contributed by atoms with van der Waals surface area (Å²) < 4.78 is 28.1. The second kappa shape index (κ2) is 5.66. The van der Waals surface area contributed by atoms with Crippen molar-refractivity contribution in [3.63, 3.8) is 0 Å². The lowest BCUT2D eigenvalue weighted by Crippen LogP contribution is -2.15. The molecule has 0 amide bonds. The molecular formula is C15H12BrN3O2S. The topological polar surface area (TPSA) is 72.0 Å². The summed E-state index contributed by atoms with van der Waals surface area (Å²) in [7, 11) is -3.69. The Morgan fingerprint density at radius 2 is 1.55 bits per heavy atom. The van der Waals surface area contributed by atoms with Crippen LogP contribution < -0.4 is 4.72 Å². The maximum atomic E-state index is 12.4. The molecule has 0 unspecified atom stereocenters. The van der Waals surface area contributed by atoms with Crippen LogP contribution >= 0.6 is 15.9 Å². The molecular weight excluding hydrogens is 366 g/mol. The smallest absolute Gasteiger partial charge is 0.262 e. The number of aromatic nitrogens is 2. The van der Waals surface area contributed by atoms with Gasteiger partial charge in [0.1, 0.15) is 0 Å². The number of nitrogens with one attached hydrogen (secondary N) is 1. The van der Waals surface area contributed by atoms with Crippen LogP contribution in [0.2, 0.25) is 0 Å². The van der Waals surface area contributed by atoms with Crippen LogP contribution in [0.5, 0.6) is 0 Å². The fourth-order valence-corrected chi connectivity index (χ4v) is 3.31. The van der Waals surface area contributed by atoms with Crippen LogP contribution in [0.4, 0.5) is 5.82 Å². The standard InChI is InChI=1S/C15H12BrN3O2S/c1-10-15(18-14-5-3-2-4-13(14)17-10)19-22(20,21)12-8-6-11(16)7-9-12/h2-9H,1H3,(H,18,19). The van der Waals surface area contributed by atoms with Gasteiger partial charge >= 0.3 is 0 Å². The fourth-order valence-electron chi connectivity index (χ4n) is 1.98. The first-order valence-electron chi connectivity index (χ1n) is 6.47. The number of para-hydroxylation sites is 2. The molecule has 1 N–H and O–H groups in total. The molecule has 1 aromatic heterocycles. The second-order valence-electron chi connectivity index (χ2n) is 4.71. The summed E-state index contributed by atoms with van der Waals surface area (Å²) in [4.78, 5) is 8.88. The molecule has 0 spiro atoms. The predicted molar refractivity (Wildman–Crippen MR) is 89.2 cm³/mol. The van der Waals surface area contributed by atoms with Gasteiger partial charge in [-0.2, -0.15) is 0 Å². The van der Waals surface area contributed by atoms with Crippen LogP contribution in [0, 0.1) is 6.92 Å². The summed E-state index contributed by atoms with van der Waals surface area (Å²) in [5, 5.41) is 0. The van der Waals surface area contributed by atoms with Crippen molar-refractivity contribution in [3.05, 3.63) is 58.7 Å². The van der Waals surface area contributed by atoms with E-state index in [1.54, 1.807) is 25.1 Å². The number of hydrogen-bond donors (Lipinski definition) is 1. The fraction of sp³-hybridized carbons (Fsp3) is 0.0667. The highest BCUT2D eigenvalue weighted by molar-refractivity contribution is 9.10. The van der Waals surface area contributed by atoms with Crippen molar-refractivity contribution in [2.75, 3.05) is 4.72 Å². The maximum absolute atomic E-state index is 12.4. The van der Waals surface area contributed by atoms with Crippen LogP contribution in [-0.4, -0.2) is 18.4 Å². The van der Waals surface area contributed by atoms with Crippen LogP contribution in [0.3, 0.4) is 0 Å². The van der Waals surface area contributed by atoms with Crippen LogP contribution in [0.15, 0.2) is 57.9 Å². The zero-order valence-electron chi connectivity index (χ0n) is 11.6. The van der Waals surface area contributed by atoms with E-state index in [0.717, 1.165) is 9.99 Å². The number of rotatable bonds is 3. The molecule has 1 heterocycles. The second-order valence-corrected chi connectivity index (χ2v) is 7.30. The van der Waals surface area contributed by atoms with E-state index in [9.17, 15) is 8.42 Å². The van der Waals surface area contributed by atoms with Gasteiger partial charge < -0.3 is 0 Å². The molecule has 0 aliphatic heterocycles. The Morgan fingerprint density at radius 3 is 2.18 bits per heavy atom. The lowest BCUT2D eigenvalue weighted by Gasteiger charge is -2.10. The number of sulfonamides is 1. The van der Waals surface area contributed by atoms with Gasteiger partial charge in [0.05, 0.1) is 21.6 Å². The van der Waals surface area contributed by atoms with Gasteiger partial charge in [0, 0.05) is 4.47 Å². The molecule has 0 bridgehead atoms. The summed E-state index contributed by atoms with van der Waals surface area (Å²) in [6.07, 6.45) is 0. The van der Waals surface area contributed by atoms with Gasteiger partial charge in [-0.05, 0) is 43.3 Å². The van der Waals surface area contributed by atoms with Crippen molar-refractivity contribution in [3.8, 4) is 0 Å². The van der Waals surface area contributed by atoms with Crippen molar-refractivity contribution in [1.82, 2.24) is 9.97 Å². The first kappa shape index (κ1) is 14.9. The quantitative estimate of drug-likeness (QED) is 0.757. The van der Waals surface area contributed by atoms with E-state index in [-0.39, 0.29) is 10.7 Å². The number of halogens is 1. The van der Waals surface area contributed by atoms with Gasteiger partial charge in [-0.15, -0.1) is 0 Å². The molecule has 2 aromatic carbocycles. The Bertz CT molecular complexity index is 941. The summed E-state index contributed by atoms with van der Waals surface area (Å²) in [5.74, 6) is 0.238. The van der Waals surface area contributed by atoms with E-state index in [1.807, 2.05) is 18.2 Å². The van der Waals surface area contributed by atoms with Gasteiger partial charge in [-0.25, -0.2) is 18.4 Å². The lowest BCUT2D eigenvalue weighted by atomic mass is 10.3. The largest absolute Gasteiger partial charge is 0.263 e. The Balaban J connectivity index is 2.01. The van der Waals surface area contributed by atoms with E-state index in [4.69, 9.17) is 0 Å². The van der Waals surface area contributed by atoms with Gasteiger partial charge in [0.25, 0.3) is 10.0 Å². The number of nitrogens with zero attached hydrogens (tertiary/aromatic N) is 2. The molecule has 0 saturated carbocycles. The molecule has 0 radical (unpaired) electrons. The highest BCUT2D eigenvalue weighted by Crippen LogP contribution is 2.21. The van der Waals surface area contributed by atoms with Crippen molar-refractivity contribution < 1.29 is 8.42 Å². The maximum Gasteiger partial charge on any atom is 0.263 e. The first-order chi connectivity index (χ1) is 10.5. The number of hydrogen-bond acceptors (Lipinski definition) is 4. The van der Waals surface area contributed by atoms with E-state index in [1.165, 1.54) is 12.1 Å².